The van der Waals surface area contributed by atoms with Crippen LogP contribution in [0.1, 0.15) is 32.8 Å². The van der Waals surface area contributed by atoms with E-state index < -0.39 is 0 Å². The second-order valence-corrected chi connectivity index (χ2v) is 4.99. The molecule has 1 aliphatic rings. The van der Waals surface area contributed by atoms with Gasteiger partial charge in [-0.15, -0.1) is 0 Å². The maximum absolute atomic E-state index is 4.58. The average Bonchev–Trinajstić information content (AvgIpc) is 2.90. The van der Waals surface area contributed by atoms with E-state index in [2.05, 4.69) is 47.7 Å². The molecule has 0 saturated carbocycles. The lowest BCUT2D eigenvalue weighted by atomic mass is 10.2. The van der Waals surface area contributed by atoms with E-state index in [9.17, 15) is 0 Å². The Balaban J connectivity index is 1.99. The van der Waals surface area contributed by atoms with Crippen LogP contribution in [0.3, 0.4) is 0 Å². The number of anilines is 1. The van der Waals surface area contributed by atoms with Gasteiger partial charge in [-0.3, -0.25) is 4.90 Å². The van der Waals surface area contributed by atoms with Crippen LogP contribution in [0.2, 0.25) is 0 Å². The third-order valence-corrected chi connectivity index (χ3v) is 4.03. The van der Waals surface area contributed by atoms with Crippen molar-refractivity contribution in [1.82, 2.24) is 9.88 Å². The Morgan fingerprint density at radius 1 is 1.28 bits per heavy atom. The lowest BCUT2D eigenvalue weighted by molar-refractivity contribution is 0.232. The van der Waals surface area contributed by atoms with Crippen molar-refractivity contribution < 1.29 is 0 Å². The minimum atomic E-state index is 0.702. The Hall–Kier alpha value is -1.09. The van der Waals surface area contributed by atoms with Gasteiger partial charge in [-0.2, -0.15) is 0 Å². The SMILES string of the molecule is CCc1ccc(N2CCC(N(CC)CC)C2)nc1. The molecule has 1 atom stereocenters. The van der Waals surface area contributed by atoms with Crippen LogP contribution in [0.15, 0.2) is 18.3 Å². The molecule has 3 heteroatoms. The fourth-order valence-electron chi connectivity index (χ4n) is 2.80. The topological polar surface area (TPSA) is 19.4 Å². The first-order valence-electron chi connectivity index (χ1n) is 7.22. The summed E-state index contributed by atoms with van der Waals surface area (Å²) in [6.45, 7) is 11.2. The number of rotatable bonds is 5. The standard InChI is InChI=1S/C15H25N3/c1-4-13-7-8-15(16-11-13)18-10-9-14(12-18)17(5-2)6-3/h7-8,11,14H,4-6,9-10,12H2,1-3H3. The van der Waals surface area contributed by atoms with Crippen LogP contribution in [0.5, 0.6) is 0 Å². The number of pyridine rings is 1. The van der Waals surface area contributed by atoms with E-state index in [1.807, 2.05) is 6.20 Å². The summed E-state index contributed by atoms with van der Waals surface area (Å²) in [7, 11) is 0. The van der Waals surface area contributed by atoms with Crippen molar-refractivity contribution in [2.75, 3.05) is 31.1 Å². The van der Waals surface area contributed by atoms with Gasteiger partial charge >= 0.3 is 0 Å². The molecule has 1 aliphatic heterocycles. The number of nitrogens with zero attached hydrogens (tertiary/aromatic N) is 3. The van der Waals surface area contributed by atoms with Gasteiger partial charge < -0.3 is 4.90 Å². The van der Waals surface area contributed by atoms with Crippen LogP contribution < -0.4 is 4.90 Å². The van der Waals surface area contributed by atoms with Crippen molar-refractivity contribution >= 4 is 5.82 Å². The van der Waals surface area contributed by atoms with Gasteiger partial charge in [0.05, 0.1) is 0 Å². The summed E-state index contributed by atoms with van der Waals surface area (Å²) in [5.41, 5.74) is 1.32. The number of aromatic nitrogens is 1. The molecule has 0 aromatic carbocycles. The molecule has 0 aliphatic carbocycles. The van der Waals surface area contributed by atoms with Gasteiger partial charge in [0, 0.05) is 25.3 Å². The van der Waals surface area contributed by atoms with Crippen LogP contribution in [0.4, 0.5) is 5.82 Å². The predicted octanol–water partition coefficient (Wildman–Crippen LogP) is 2.56. The van der Waals surface area contributed by atoms with Crippen LogP contribution in [-0.4, -0.2) is 42.1 Å². The zero-order valence-electron chi connectivity index (χ0n) is 11.9. The highest BCUT2D eigenvalue weighted by Crippen LogP contribution is 2.21. The van der Waals surface area contributed by atoms with Crippen molar-refractivity contribution in [3.8, 4) is 0 Å². The molecule has 0 N–H and O–H groups in total. The van der Waals surface area contributed by atoms with E-state index in [4.69, 9.17) is 0 Å². The second-order valence-electron chi connectivity index (χ2n) is 4.99. The smallest absolute Gasteiger partial charge is 0.128 e. The van der Waals surface area contributed by atoms with E-state index in [0.717, 1.165) is 38.4 Å². The molecule has 2 heterocycles. The first kappa shape index (κ1) is 13.3. The van der Waals surface area contributed by atoms with Crippen molar-refractivity contribution in [3.63, 3.8) is 0 Å². The Morgan fingerprint density at radius 3 is 2.61 bits per heavy atom. The van der Waals surface area contributed by atoms with Crippen LogP contribution in [-0.2, 0) is 6.42 Å². The van der Waals surface area contributed by atoms with Gasteiger partial charge in [-0.05, 0) is 37.6 Å². The zero-order valence-corrected chi connectivity index (χ0v) is 11.9. The molecule has 0 spiro atoms. The molecule has 1 aromatic rings. The first-order chi connectivity index (χ1) is 8.78. The number of likely N-dealkylation sites (N-methyl/N-ethyl adjacent to an activating group) is 1. The van der Waals surface area contributed by atoms with Gasteiger partial charge in [0.2, 0.25) is 0 Å². The summed E-state index contributed by atoms with van der Waals surface area (Å²) in [6, 6.07) is 5.07. The Morgan fingerprint density at radius 2 is 2.06 bits per heavy atom. The van der Waals surface area contributed by atoms with E-state index in [-0.39, 0.29) is 0 Å². The Kier molecular flexibility index (Phi) is 4.59. The Labute approximate surface area is 111 Å². The van der Waals surface area contributed by atoms with Crippen molar-refractivity contribution in [3.05, 3.63) is 23.9 Å². The van der Waals surface area contributed by atoms with E-state index in [1.54, 1.807) is 0 Å². The van der Waals surface area contributed by atoms with Gasteiger partial charge in [0.1, 0.15) is 5.82 Å². The highest BCUT2D eigenvalue weighted by atomic mass is 15.3. The summed E-state index contributed by atoms with van der Waals surface area (Å²) in [5, 5.41) is 0. The highest BCUT2D eigenvalue weighted by molar-refractivity contribution is 5.41. The molecule has 0 amide bonds. The molecule has 0 bridgehead atoms. The van der Waals surface area contributed by atoms with Crippen LogP contribution in [0, 0.1) is 0 Å². The van der Waals surface area contributed by atoms with Gasteiger partial charge in [-0.1, -0.05) is 26.8 Å². The molecule has 1 fully saturated rings. The molecule has 1 saturated heterocycles. The maximum atomic E-state index is 4.58. The second kappa shape index (κ2) is 6.19. The van der Waals surface area contributed by atoms with Crippen molar-refractivity contribution in [2.45, 2.75) is 39.7 Å². The van der Waals surface area contributed by atoms with Gasteiger partial charge in [0.25, 0.3) is 0 Å². The minimum Gasteiger partial charge on any atom is -0.355 e. The first-order valence-corrected chi connectivity index (χ1v) is 7.22. The lowest BCUT2D eigenvalue weighted by Gasteiger charge is -2.26. The molecule has 3 nitrogen and oxygen atoms in total. The molecule has 0 radical (unpaired) electrons. The fourth-order valence-corrected chi connectivity index (χ4v) is 2.80. The largest absolute Gasteiger partial charge is 0.355 e. The molecule has 18 heavy (non-hydrogen) atoms. The normalized spacial score (nSPS) is 19.8. The molecule has 100 valence electrons. The maximum Gasteiger partial charge on any atom is 0.128 e. The third-order valence-electron chi connectivity index (χ3n) is 4.03. The highest BCUT2D eigenvalue weighted by Gasteiger charge is 2.26. The fraction of sp³-hybridized carbons (Fsp3) is 0.667. The predicted molar refractivity (Wildman–Crippen MR) is 77.2 cm³/mol. The quantitative estimate of drug-likeness (QED) is 0.797. The van der Waals surface area contributed by atoms with E-state index >= 15 is 0 Å². The van der Waals surface area contributed by atoms with Crippen LogP contribution in [0.25, 0.3) is 0 Å². The van der Waals surface area contributed by atoms with Crippen molar-refractivity contribution in [1.29, 1.82) is 0 Å². The molecule has 2 rings (SSSR count). The Bertz CT molecular complexity index is 357. The summed E-state index contributed by atoms with van der Waals surface area (Å²) >= 11 is 0. The summed E-state index contributed by atoms with van der Waals surface area (Å²) in [4.78, 5) is 9.56. The number of hydrogen-bond acceptors (Lipinski definition) is 3. The average molecular weight is 247 g/mol. The summed E-state index contributed by atoms with van der Waals surface area (Å²) < 4.78 is 0. The zero-order chi connectivity index (χ0) is 13.0. The number of hydrogen-bond donors (Lipinski definition) is 0. The summed E-state index contributed by atoms with van der Waals surface area (Å²) in [6.07, 6.45) is 4.34. The molecular weight excluding hydrogens is 222 g/mol. The van der Waals surface area contributed by atoms with Crippen LogP contribution >= 0.6 is 0 Å². The molecular formula is C15H25N3. The minimum absolute atomic E-state index is 0.702. The summed E-state index contributed by atoms with van der Waals surface area (Å²) in [5.74, 6) is 1.14. The van der Waals surface area contributed by atoms with Gasteiger partial charge in [-0.25, -0.2) is 4.98 Å². The molecule has 1 aromatic heterocycles. The van der Waals surface area contributed by atoms with E-state index in [1.165, 1.54) is 12.0 Å². The van der Waals surface area contributed by atoms with Crippen molar-refractivity contribution in [2.24, 2.45) is 0 Å². The number of aryl methyl sites for hydroxylation is 1. The van der Waals surface area contributed by atoms with E-state index in [0.29, 0.717) is 6.04 Å². The molecule has 1 unspecified atom stereocenters. The lowest BCUT2D eigenvalue weighted by Crippen LogP contribution is -2.37. The monoisotopic (exact) mass is 247 g/mol. The van der Waals surface area contributed by atoms with Gasteiger partial charge in [0.15, 0.2) is 0 Å². The third kappa shape index (κ3) is 2.83.